The largest absolute Gasteiger partial charge is 0.461 e. The van der Waals surface area contributed by atoms with E-state index in [4.69, 9.17) is 21.1 Å². The van der Waals surface area contributed by atoms with Gasteiger partial charge in [0.2, 0.25) is 11.2 Å². The van der Waals surface area contributed by atoms with Crippen LogP contribution in [0.25, 0.3) is 0 Å². The van der Waals surface area contributed by atoms with E-state index in [-0.39, 0.29) is 17.4 Å². The van der Waals surface area contributed by atoms with Crippen LogP contribution in [-0.2, 0) is 4.74 Å². The highest BCUT2D eigenvalue weighted by Gasteiger charge is 2.20. The first-order valence-corrected chi connectivity index (χ1v) is 7.41. The van der Waals surface area contributed by atoms with Gasteiger partial charge in [-0.15, -0.1) is 0 Å². The van der Waals surface area contributed by atoms with Crippen molar-refractivity contribution >= 4 is 17.5 Å². The van der Waals surface area contributed by atoms with Crippen LogP contribution in [0.1, 0.15) is 33.1 Å². The van der Waals surface area contributed by atoms with Gasteiger partial charge in [0.1, 0.15) is 0 Å². The molecule has 1 aromatic heterocycles. The zero-order chi connectivity index (χ0) is 14.4. The monoisotopic (exact) mass is 300 g/mol. The minimum atomic E-state index is -0.00265. The Bertz CT molecular complexity index is 427. The average Bonchev–Trinajstić information content (AvgIpc) is 3.16. The van der Waals surface area contributed by atoms with Gasteiger partial charge in [0.15, 0.2) is 0 Å². The second kappa shape index (κ2) is 7.59. The van der Waals surface area contributed by atoms with Crippen molar-refractivity contribution in [3.8, 4) is 6.01 Å². The van der Waals surface area contributed by atoms with Crippen molar-refractivity contribution in [1.29, 1.82) is 0 Å². The lowest BCUT2D eigenvalue weighted by Crippen LogP contribution is -2.13. The van der Waals surface area contributed by atoms with Crippen LogP contribution in [0.5, 0.6) is 6.01 Å². The van der Waals surface area contributed by atoms with Crippen molar-refractivity contribution in [3.05, 3.63) is 5.28 Å². The van der Waals surface area contributed by atoms with Crippen LogP contribution >= 0.6 is 11.6 Å². The van der Waals surface area contributed by atoms with Gasteiger partial charge < -0.3 is 14.8 Å². The van der Waals surface area contributed by atoms with Crippen LogP contribution < -0.4 is 10.1 Å². The first kappa shape index (κ1) is 15.3. The number of rotatable bonds is 9. The van der Waals surface area contributed by atoms with Gasteiger partial charge in [-0.1, -0.05) is 0 Å². The standard InChI is InChI=1S/C13H21ClN4O2/c1-9(2)20-13-17-11(14)16-12(18-13)15-6-3-7-19-8-10-4-5-10/h9-10H,3-8H2,1-2H3,(H,15,16,17,18). The normalized spacial score (nSPS) is 14.6. The Morgan fingerprint density at radius 3 is 2.80 bits per heavy atom. The average molecular weight is 301 g/mol. The smallest absolute Gasteiger partial charge is 0.322 e. The number of anilines is 1. The Kier molecular flexibility index (Phi) is 5.79. The van der Waals surface area contributed by atoms with Crippen molar-refractivity contribution < 1.29 is 9.47 Å². The maximum atomic E-state index is 5.83. The number of aromatic nitrogens is 3. The number of nitrogens with one attached hydrogen (secondary N) is 1. The molecular formula is C13H21ClN4O2. The summed E-state index contributed by atoms with van der Waals surface area (Å²) < 4.78 is 11.0. The number of nitrogens with zero attached hydrogens (tertiary/aromatic N) is 3. The van der Waals surface area contributed by atoms with Gasteiger partial charge in [0.05, 0.1) is 6.10 Å². The summed E-state index contributed by atoms with van der Waals surface area (Å²) >= 11 is 5.83. The lowest BCUT2D eigenvalue weighted by Gasteiger charge is -2.09. The summed E-state index contributed by atoms with van der Waals surface area (Å²) in [5, 5.41) is 3.22. The fourth-order valence-corrected chi connectivity index (χ4v) is 1.74. The molecule has 0 bridgehead atoms. The van der Waals surface area contributed by atoms with Crippen LogP contribution in [0, 0.1) is 5.92 Å². The summed E-state index contributed by atoms with van der Waals surface area (Å²) in [4.78, 5) is 12.1. The number of halogens is 1. The third-order valence-electron chi connectivity index (χ3n) is 2.73. The highest BCUT2D eigenvalue weighted by Crippen LogP contribution is 2.28. The number of hydrogen-bond acceptors (Lipinski definition) is 6. The summed E-state index contributed by atoms with van der Waals surface area (Å²) in [6, 6.07) is 0.243. The molecule has 6 nitrogen and oxygen atoms in total. The Hall–Kier alpha value is -1.14. The minimum absolute atomic E-state index is 0.00265. The van der Waals surface area contributed by atoms with Crippen LogP contribution in [0.3, 0.4) is 0 Å². The van der Waals surface area contributed by atoms with Gasteiger partial charge >= 0.3 is 6.01 Å². The molecule has 1 heterocycles. The van der Waals surface area contributed by atoms with E-state index >= 15 is 0 Å². The molecule has 2 rings (SSSR count). The molecule has 0 aromatic carbocycles. The number of hydrogen-bond donors (Lipinski definition) is 1. The van der Waals surface area contributed by atoms with Gasteiger partial charge in [0, 0.05) is 19.8 Å². The maximum Gasteiger partial charge on any atom is 0.322 e. The third-order valence-corrected chi connectivity index (χ3v) is 2.90. The molecule has 1 N–H and O–H groups in total. The molecule has 0 atom stereocenters. The highest BCUT2D eigenvalue weighted by molar-refractivity contribution is 6.28. The van der Waals surface area contributed by atoms with E-state index < -0.39 is 0 Å². The molecule has 1 aromatic rings. The van der Waals surface area contributed by atoms with E-state index in [0.717, 1.165) is 32.1 Å². The molecular weight excluding hydrogens is 280 g/mol. The van der Waals surface area contributed by atoms with Crippen molar-refractivity contribution in [3.63, 3.8) is 0 Å². The zero-order valence-electron chi connectivity index (χ0n) is 11.9. The van der Waals surface area contributed by atoms with Crippen LogP contribution in [-0.4, -0.2) is 40.8 Å². The lowest BCUT2D eigenvalue weighted by atomic mass is 10.4. The molecule has 0 unspecified atom stereocenters. The molecule has 0 radical (unpaired) electrons. The summed E-state index contributed by atoms with van der Waals surface area (Å²) in [6.45, 7) is 6.18. The van der Waals surface area contributed by atoms with Gasteiger partial charge in [-0.25, -0.2) is 0 Å². The SMILES string of the molecule is CC(C)Oc1nc(Cl)nc(NCCCOCC2CC2)n1. The summed E-state index contributed by atoms with van der Waals surface area (Å²) in [6.07, 6.45) is 3.54. The van der Waals surface area contributed by atoms with Crippen molar-refractivity contribution in [2.75, 3.05) is 25.1 Å². The molecule has 1 fully saturated rings. The van der Waals surface area contributed by atoms with E-state index in [1.54, 1.807) is 0 Å². The van der Waals surface area contributed by atoms with E-state index in [2.05, 4.69) is 20.3 Å². The Morgan fingerprint density at radius 1 is 1.30 bits per heavy atom. The predicted molar refractivity (Wildman–Crippen MR) is 77.3 cm³/mol. The topological polar surface area (TPSA) is 69.2 Å². The first-order chi connectivity index (χ1) is 9.63. The molecule has 0 aliphatic heterocycles. The second-order valence-corrected chi connectivity index (χ2v) is 5.51. The van der Waals surface area contributed by atoms with Gasteiger partial charge in [-0.3, -0.25) is 0 Å². The van der Waals surface area contributed by atoms with Gasteiger partial charge in [-0.2, -0.15) is 15.0 Å². The quantitative estimate of drug-likeness (QED) is 0.707. The van der Waals surface area contributed by atoms with Gasteiger partial charge in [-0.05, 0) is 50.6 Å². The Labute approximate surface area is 124 Å². The van der Waals surface area contributed by atoms with E-state index in [9.17, 15) is 0 Å². The molecule has 7 heteroatoms. The van der Waals surface area contributed by atoms with E-state index in [1.165, 1.54) is 12.8 Å². The fourth-order valence-electron chi connectivity index (χ4n) is 1.58. The summed E-state index contributed by atoms with van der Waals surface area (Å²) in [5.41, 5.74) is 0. The molecule has 20 heavy (non-hydrogen) atoms. The van der Waals surface area contributed by atoms with Crippen LogP contribution in [0.2, 0.25) is 5.28 Å². The lowest BCUT2D eigenvalue weighted by molar-refractivity contribution is 0.124. The Balaban J connectivity index is 1.69. The molecule has 1 aliphatic carbocycles. The molecule has 0 amide bonds. The summed E-state index contributed by atoms with van der Waals surface area (Å²) in [7, 11) is 0. The van der Waals surface area contributed by atoms with Crippen molar-refractivity contribution in [2.24, 2.45) is 5.92 Å². The molecule has 112 valence electrons. The van der Waals surface area contributed by atoms with E-state index in [0.29, 0.717) is 5.95 Å². The third kappa shape index (κ3) is 5.88. The molecule has 1 aliphatic rings. The van der Waals surface area contributed by atoms with Crippen LogP contribution in [0.4, 0.5) is 5.95 Å². The van der Waals surface area contributed by atoms with Crippen molar-refractivity contribution in [2.45, 2.75) is 39.2 Å². The zero-order valence-corrected chi connectivity index (χ0v) is 12.7. The minimum Gasteiger partial charge on any atom is -0.461 e. The molecule has 0 saturated heterocycles. The van der Waals surface area contributed by atoms with Gasteiger partial charge in [0.25, 0.3) is 0 Å². The molecule has 0 spiro atoms. The first-order valence-electron chi connectivity index (χ1n) is 7.03. The highest BCUT2D eigenvalue weighted by atomic mass is 35.5. The Morgan fingerprint density at radius 2 is 2.10 bits per heavy atom. The van der Waals surface area contributed by atoms with Crippen LogP contribution in [0.15, 0.2) is 0 Å². The predicted octanol–water partition coefficient (Wildman–Crippen LogP) is 2.54. The second-order valence-electron chi connectivity index (χ2n) is 5.18. The fraction of sp³-hybridized carbons (Fsp3) is 0.769. The summed E-state index contributed by atoms with van der Waals surface area (Å²) in [5.74, 6) is 1.24. The molecule has 1 saturated carbocycles. The maximum absolute atomic E-state index is 5.83. The van der Waals surface area contributed by atoms with E-state index in [1.807, 2.05) is 13.8 Å². The van der Waals surface area contributed by atoms with Crippen molar-refractivity contribution in [1.82, 2.24) is 15.0 Å². The number of ether oxygens (including phenoxy) is 2.